The number of fused-ring (bicyclic) bond motifs is 4. The number of likely N-dealkylation sites (tertiary alicyclic amines) is 1. The Morgan fingerprint density at radius 2 is 1.74 bits per heavy atom. The number of benzene rings is 2. The van der Waals surface area contributed by atoms with Gasteiger partial charge in [-0.2, -0.15) is 0 Å². The molecule has 3 aromatic heterocycles. The molecule has 0 saturated carbocycles. The highest BCUT2D eigenvalue weighted by Gasteiger charge is 2.45. The number of thiophene rings is 1. The van der Waals surface area contributed by atoms with Crippen LogP contribution >= 0.6 is 22.9 Å². The SMILES string of the molecule is Cc1c(C#Cc2ccc(CN3CCC(CNc4cccc5c4C(=O)N(C4CCC(=O)NC4=O)C5=O)CC3)cn2)sc2c1C(c1ccc(Cl)cc1)=NCc1nnc(C)n1-2. The molecule has 13 nitrogen and oxygen atoms in total. The van der Waals surface area contributed by atoms with Gasteiger partial charge in [0.15, 0.2) is 5.82 Å². The molecule has 2 aromatic carbocycles. The molecule has 4 aliphatic rings. The lowest BCUT2D eigenvalue weighted by atomic mass is 9.96. The minimum absolute atomic E-state index is 0.0826. The summed E-state index contributed by atoms with van der Waals surface area (Å²) in [5, 5.41) is 16.1. The number of amides is 4. The van der Waals surface area contributed by atoms with E-state index < -0.39 is 29.7 Å². The first-order valence-electron chi connectivity index (χ1n) is 19.3. The van der Waals surface area contributed by atoms with Crippen LogP contribution in [0.15, 0.2) is 65.8 Å². The van der Waals surface area contributed by atoms with Crippen molar-refractivity contribution in [1.82, 2.24) is 34.9 Å². The number of anilines is 1. The summed E-state index contributed by atoms with van der Waals surface area (Å²) < 4.78 is 2.08. The van der Waals surface area contributed by atoms with E-state index in [9.17, 15) is 19.2 Å². The van der Waals surface area contributed by atoms with Gasteiger partial charge in [-0.15, -0.1) is 21.5 Å². The first kappa shape index (κ1) is 37.6. The maximum absolute atomic E-state index is 13.5. The van der Waals surface area contributed by atoms with E-state index in [1.54, 1.807) is 29.5 Å². The van der Waals surface area contributed by atoms with Crippen molar-refractivity contribution in [3.8, 4) is 16.8 Å². The van der Waals surface area contributed by atoms with Crippen LogP contribution in [-0.4, -0.2) is 84.6 Å². The Bertz CT molecular complexity index is 2600. The smallest absolute Gasteiger partial charge is 0.264 e. The number of rotatable bonds is 7. The Morgan fingerprint density at radius 3 is 2.50 bits per heavy atom. The predicted molar refractivity (Wildman–Crippen MR) is 219 cm³/mol. The lowest BCUT2D eigenvalue weighted by Gasteiger charge is -2.32. The summed E-state index contributed by atoms with van der Waals surface area (Å²) in [7, 11) is 0. The van der Waals surface area contributed by atoms with E-state index in [2.05, 4.69) is 55.1 Å². The van der Waals surface area contributed by atoms with Crippen molar-refractivity contribution in [3.63, 3.8) is 0 Å². The molecule has 0 aliphatic carbocycles. The number of halogens is 1. The summed E-state index contributed by atoms with van der Waals surface area (Å²) in [6.07, 6.45) is 4.05. The molecule has 0 bridgehead atoms. The quantitative estimate of drug-likeness (QED) is 0.161. The van der Waals surface area contributed by atoms with E-state index in [0.717, 1.165) is 86.9 Å². The predicted octanol–water partition coefficient (Wildman–Crippen LogP) is 5.47. The molecule has 2 saturated heterocycles. The lowest BCUT2D eigenvalue weighted by Crippen LogP contribution is -2.54. The molecule has 0 radical (unpaired) electrons. The molecule has 15 heteroatoms. The summed E-state index contributed by atoms with van der Waals surface area (Å²) in [5.41, 5.74) is 6.89. The molecule has 2 fully saturated rings. The number of aliphatic imine (C=N–C) groups is 1. The zero-order valence-corrected chi connectivity index (χ0v) is 33.4. The standard InChI is InChI=1S/C43H38ClN9O4S/c1-24-34(58-43-37(24)39(28-7-9-29(44)10-8-28)47-22-35-50-49-25(2)52(35)43)14-12-30-11-6-27(21-45-30)23-51-18-16-26(17-19-51)20-46-32-5-3-4-31-38(32)42(57)53(41(31)56)33-13-15-36(54)48-40(33)55/h3-11,21,26,33,46H,13,15-20,22-23H2,1-2H3,(H,48,54,55). The van der Waals surface area contributed by atoms with Crippen LogP contribution in [0, 0.1) is 31.6 Å². The van der Waals surface area contributed by atoms with Crippen LogP contribution in [0.3, 0.4) is 0 Å². The minimum Gasteiger partial charge on any atom is -0.384 e. The minimum atomic E-state index is -0.992. The third-order valence-corrected chi connectivity index (χ3v) is 12.7. The van der Waals surface area contributed by atoms with Crippen molar-refractivity contribution in [2.75, 3.05) is 25.0 Å². The summed E-state index contributed by atoms with van der Waals surface area (Å²) in [4.78, 5) is 64.9. The normalized spacial score (nSPS) is 18.2. The van der Waals surface area contributed by atoms with Gasteiger partial charge in [-0.1, -0.05) is 35.9 Å². The molecule has 7 heterocycles. The van der Waals surface area contributed by atoms with Gasteiger partial charge in [0.05, 0.1) is 21.7 Å². The largest absolute Gasteiger partial charge is 0.384 e. The number of carbonyl (C=O) groups excluding carboxylic acids is 4. The topological polar surface area (TPSA) is 155 Å². The number of nitrogens with one attached hydrogen (secondary N) is 2. The van der Waals surface area contributed by atoms with Crippen LogP contribution in [0.5, 0.6) is 0 Å². The van der Waals surface area contributed by atoms with Crippen LogP contribution in [0.1, 0.15) is 90.9 Å². The van der Waals surface area contributed by atoms with Gasteiger partial charge in [0.2, 0.25) is 11.8 Å². The third-order valence-electron chi connectivity index (χ3n) is 11.2. The van der Waals surface area contributed by atoms with Crippen LogP contribution in [0.4, 0.5) is 5.69 Å². The first-order valence-corrected chi connectivity index (χ1v) is 20.5. The van der Waals surface area contributed by atoms with Crippen molar-refractivity contribution in [2.45, 2.75) is 58.7 Å². The second-order valence-corrected chi connectivity index (χ2v) is 16.4. The van der Waals surface area contributed by atoms with Crippen molar-refractivity contribution in [1.29, 1.82) is 0 Å². The maximum Gasteiger partial charge on any atom is 0.264 e. The average molecular weight is 812 g/mol. The maximum atomic E-state index is 13.5. The second-order valence-electron chi connectivity index (χ2n) is 15.0. The number of hydrogen-bond acceptors (Lipinski definition) is 11. The highest BCUT2D eigenvalue weighted by molar-refractivity contribution is 7.15. The molecule has 4 aliphatic heterocycles. The van der Waals surface area contributed by atoms with E-state index >= 15 is 0 Å². The number of piperidine rings is 2. The van der Waals surface area contributed by atoms with E-state index in [1.807, 2.05) is 43.5 Å². The molecule has 1 unspecified atom stereocenters. The Hall–Kier alpha value is -6.01. The number of carbonyl (C=O) groups is 4. The summed E-state index contributed by atoms with van der Waals surface area (Å²) in [6, 6.07) is 16.0. The van der Waals surface area contributed by atoms with Gasteiger partial charge in [-0.25, -0.2) is 4.98 Å². The first-order chi connectivity index (χ1) is 28.1. The monoisotopic (exact) mass is 811 g/mol. The Kier molecular flexibility index (Phi) is 9.97. The fraction of sp³-hybridized carbons (Fsp3) is 0.302. The fourth-order valence-electron chi connectivity index (χ4n) is 8.13. The molecule has 9 rings (SSSR count). The van der Waals surface area contributed by atoms with E-state index in [-0.39, 0.29) is 24.0 Å². The molecular formula is C43H38ClN9O4S. The number of hydrogen-bond donors (Lipinski definition) is 2. The number of pyridine rings is 1. The van der Waals surface area contributed by atoms with Crippen molar-refractivity contribution in [3.05, 3.63) is 121 Å². The van der Waals surface area contributed by atoms with Crippen molar-refractivity contribution in [2.24, 2.45) is 10.9 Å². The van der Waals surface area contributed by atoms with Gasteiger partial charge in [-0.3, -0.25) is 43.9 Å². The van der Waals surface area contributed by atoms with Gasteiger partial charge in [0, 0.05) is 47.5 Å². The van der Waals surface area contributed by atoms with Crippen LogP contribution in [0.2, 0.25) is 5.02 Å². The molecule has 5 aromatic rings. The Balaban J connectivity index is 0.821. The van der Waals surface area contributed by atoms with E-state index in [1.165, 1.54) is 0 Å². The summed E-state index contributed by atoms with van der Waals surface area (Å²) in [6.45, 7) is 7.72. The highest BCUT2D eigenvalue weighted by Crippen LogP contribution is 2.37. The van der Waals surface area contributed by atoms with Gasteiger partial charge in [-0.05, 0) is 105 Å². The molecular weight excluding hydrogens is 774 g/mol. The van der Waals surface area contributed by atoms with Gasteiger partial charge in [0.25, 0.3) is 11.8 Å². The Morgan fingerprint density at radius 1 is 0.931 bits per heavy atom. The van der Waals surface area contributed by atoms with Gasteiger partial charge in [0.1, 0.15) is 29.1 Å². The van der Waals surface area contributed by atoms with Crippen LogP contribution in [-0.2, 0) is 22.7 Å². The van der Waals surface area contributed by atoms with Crippen molar-refractivity contribution >= 4 is 58.0 Å². The Labute approximate surface area is 343 Å². The molecule has 292 valence electrons. The fourth-order valence-corrected chi connectivity index (χ4v) is 9.49. The number of aromatic nitrogens is 4. The summed E-state index contributed by atoms with van der Waals surface area (Å²) in [5.74, 6) is 6.62. The molecule has 1 atom stereocenters. The van der Waals surface area contributed by atoms with E-state index in [0.29, 0.717) is 35.4 Å². The number of nitrogens with zero attached hydrogens (tertiary/aromatic N) is 7. The summed E-state index contributed by atoms with van der Waals surface area (Å²) >= 11 is 7.82. The molecule has 58 heavy (non-hydrogen) atoms. The van der Waals surface area contributed by atoms with Gasteiger partial charge < -0.3 is 5.32 Å². The number of imide groups is 2. The highest BCUT2D eigenvalue weighted by atomic mass is 35.5. The van der Waals surface area contributed by atoms with Gasteiger partial charge >= 0.3 is 0 Å². The zero-order chi connectivity index (χ0) is 40.1. The second kappa shape index (κ2) is 15.4. The third kappa shape index (κ3) is 6.99. The lowest BCUT2D eigenvalue weighted by molar-refractivity contribution is -0.136. The molecule has 0 spiro atoms. The number of aryl methyl sites for hydroxylation is 1. The average Bonchev–Trinajstić information content (AvgIpc) is 3.79. The van der Waals surface area contributed by atoms with Crippen LogP contribution in [0.25, 0.3) is 5.00 Å². The molecule has 4 amide bonds. The van der Waals surface area contributed by atoms with Crippen LogP contribution < -0.4 is 10.6 Å². The van der Waals surface area contributed by atoms with Crippen molar-refractivity contribution < 1.29 is 19.2 Å². The van der Waals surface area contributed by atoms with E-state index in [4.69, 9.17) is 21.6 Å². The zero-order valence-electron chi connectivity index (χ0n) is 31.8. The molecule has 2 N–H and O–H groups in total.